The molecule has 152 valence electrons. The van der Waals surface area contributed by atoms with Crippen LogP contribution >= 0.6 is 0 Å². The van der Waals surface area contributed by atoms with E-state index in [1.54, 1.807) is 0 Å². The number of ether oxygens (including phenoxy) is 1. The highest BCUT2D eigenvalue weighted by Crippen LogP contribution is 2.39. The number of nitrogens with one attached hydrogen (secondary N) is 1. The van der Waals surface area contributed by atoms with Crippen molar-refractivity contribution in [1.82, 2.24) is 20.4 Å². The van der Waals surface area contributed by atoms with Crippen LogP contribution in [0.3, 0.4) is 0 Å². The van der Waals surface area contributed by atoms with Gasteiger partial charge in [0, 0.05) is 19.1 Å². The summed E-state index contributed by atoms with van der Waals surface area (Å²) in [6.45, 7) is 0.902. The first-order chi connectivity index (χ1) is 13.8. The minimum Gasteiger partial charge on any atom is -0.490 e. The molecule has 29 heavy (non-hydrogen) atoms. The van der Waals surface area contributed by atoms with Crippen molar-refractivity contribution in [3.63, 3.8) is 0 Å². The van der Waals surface area contributed by atoms with Crippen LogP contribution in [0.4, 0.5) is 13.2 Å². The number of hydrogen-bond acceptors (Lipinski definition) is 7. The van der Waals surface area contributed by atoms with Gasteiger partial charge in [0.05, 0.1) is 17.2 Å². The van der Waals surface area contributed by atoms with Crippen molar-refractivity contribution < 1.29 is 27.1 Å². The number of carbonyl (C=O) groups is 1. The molecule has 2 heterocycles. The number of carbonyl (C=O) groups excluding carboxylic acids is 1. The molecule has 1 aliphatic carbocycles. The van der Waals surface area contributed by atoms with Crippen molar-refractivity contribution in [3.05, 3.63) is 29.7 Å². The smallest absolute Gasteiger partial charge is 0.416 e. The predicted molar refractivity (Wildman–Crippen MR) is 91.4 cm³/mol. The number of alkyl halides is 3. The van der Waals surface area contributed by atoms with Crippen LogP contribution in [0.5, 0.6) is 5.75 Å². The molecule has 2 aromatic rings. The summed E-state index contributed by atoms with van der Waals surface area (Å²) in [6, 6.07) is 2.76. The Morgan fingerprint density at radius 2 is 2.10 bits per heavy atom. The molecule has 1 aromatic heterocycles. The maximum absolute atomic E-state index is 13.1. The molecule has 1 saturated heterocycles. The zero-order valence-electron chi connectivity index (χ0n) is 15.1. The summed E-state index contributed by atoms with van der Waals surface area (Å²) in [6.07, 6.45) is -0.378. The van der Waals surface area contributed by atoms with E-state index < -0.39 is 17.6 Å². The largest absolute Gasteiger partial charge is 0.490 e. The van der Waals surface area contributed by atoms with Crippen molar-refractivity contribution >= 4 is 5.91 Å². The Labute approximate surface area is 163 Å². The quantitative estimate of drug-likeness (QED) is 0.760. The highest BCUT2D eigenvalue weighted by Gasteiger charge is 2.33. The van der Waals surface area contributed by atoms with Gasteiger partial charge in [0.1, 0.15) is 5.75 Å². The van der Waals surface area contributed by atoms with Gasteiger partial charge in [0.15, 0.2) is 6.19 Å². The van der Waals surface area contributed by atoms with E-state index in [0.717, 1.165) is 25.0 Å². The van der Waals surface area contributed by atoms with Gasteiger partial charge in [-0.15, -0.1) is 10.2 Å². The van der Waals surface area contributed by atoms with Crippen LogP contribution < -0.4 is 10.1 Å². The van der Waals surface area contributed by atoms with Gasteiger partial charge in [-0.2, -0.15) is 18.4 Å². The van der Waals surface area contributed by atoms with E-state index in [9.17, 15) is 18.0 Å². The second-order valence-electron chi connectivity index (χ2n) is 6.94. The van der Waals surface area contributed by atoms with E-state index in [1.165, 1.54) is 11.0 Å². The van der Waals surface area contributed by atoms with E-state index in [-0.39, 0.29) is 35.2 Å². The third-order valence-corrected chi connectivity index (χ3v) is 4.64. The average molecular weight is 407 g/mol. The number of hydrogen-bond donors (Lipinski definition) is 1. The summed E-state index contributed by atoms with van der Waals surface area (Å²) < 4.78 is 50.3. The Bertz CT molecular complexity index is 964. The first kappa shape index (κ1) is 19.0. The van der Waals surface area contributed by atoms with Crippen LogP contribution in [-0.4, -0.2) is 46.2 Å². The number of halogens is 3. The van der Waals surface area contributed by atoms with Crippen LogP contribution in [0.2, 0.25) is 0 Å². The number of likely N-dealkylation sites (tertiary alicyclic amines) is 1. The molecular weight excluding hydrogens is 391 g/mol. The van der Waals surface area contributed by atoms with Gasteiger partial charge in [0.25, 0.3) is 5.89 Å². The zero-order chi connectivity index (χ0) is 20.6. The molecule has 4 rings (SSSR count). The van der Waals surface area contributed by atoms with Gasteiger partial charge in [-0.25, -0.2) is 0 Å². The van der Waals surface area contributed by atoms with Crippen molar-refractivity contribution in [2.45, 2.75) is 37.6 Å². The van der Waals surface area contributed by atoms with Crippen LogP contribution in [0.1, 0.15) is 35.5 Å². The van der Waals surface area contributed by atoms with Crippen molar-refractivity contribution in [1.29, 1.82) is 5.26 Å². The van der Waals surface area contributed by atoms with Crippen molar-refractivity contribution in [2.75, 3.05) is 13.1 Å². The number of nitrogens with zero attached hydrogens (tertiary/aromatic N) is 4. The normalized spacial score (nSPS) is 19.1. The Hall–Kier alpha value is -3.29. The predicted octanol–water partition coefficient (Wildman–Crippen LogP) is 2.58. The Morgan fingerprint density at radius 1 is 1.31 bits per heavy atom. The van der Waals surface area contributed by atoms with Crippen LogP contribution in [0, 0.1) is 11.5 Å². The Balaban J connectivity index is 1.56. The lowest BCUT2D eigenvalue weighted by atomic mass is 10.1. The molecule has 1 unspecified atom stereocenters. The minimum absolute atomic E-state index is 0.0187. The van der Waals surface area contributed by atoms with Crippen molar-refractivity contribution in [3.8, 4) is 23.4 Å². The molecule has 11 heteroatoms. The number of benzene rings is 1. The molecule has 1 atom stereocenters. The molecule has 2 aliphatic rings. The summed E-state index contributed by atoms with van der Waals surface area (Å²) in [5, 5.41) is 18.9. The lowest BCUT2D eigenvalue weighted by molar-refractivity contribution is -0.137. The third-order valence-electron chi connectivity index (χ3n) is 4.64. The average Bonchev–Trinajstić information content (AvgIpc) is 3.18. The molecule has 0 spiro atoms. The third kappa shape index (κ3) is 4.26. The van der Waals surface area contributed by atoms with Gasteiger partial charge in [-0.3, -0.25) is 4.79 Å². The lowest BCUT2D eigenvalue weighted by Crippen LogP contribution is -2.36. The van der Waals surface area contributed by atoms with Gasteiger partial charge in [-0.1, -0.05) is 0 Å². The lowest BCUT2D eigenvalue weighted by Gasteiger charge is -2.12. The van der Waals surface area contributed by atoms with Crippen molar-refractivity contribution in [2.24, 2.45) is 0 Å². The number of nitriles is 1. The highest BCUT2D eigenvalue weighted by molar-refractivity contribution is 5.90. The van der Waals surface area contributed by atoms with E-state index in [2.05, 4.69) is 15.5 Å². The second-order valence-corrected chi connectivity index (χ2v) is 6.94. The van der Waals surface area contributed by atoms with Crippen LogP contribution in [0.25, 0.3) is 11.5 Å². The fourth-order valence-corrected chi connectivity index (χ4v) is 2.98. The van der Waals surface area contributed by atoms with E-state index in [0.29, 0.717) is 19.5 Å². The van der Waals surface area contributed by atoms with Crippen LogP contribution in [-0.2, 0) is 6.18 Å². The summed E-state index contributed by atoms with van der Waals surface area (Å²) in [5.41, 5.74) is -0.905. The second kappa shape index (κ2) is 7.27. The summed E-state index contributed by atoms with van der Waals surface area (Å²) >= 11 is 0. The first-order valence-corrected chi connectivity index (χ1v) is 9.01. The summed E-state index contributed by atoms with van der Waals surface area (Å²) in [7, 11) is 0. The molecule has 1 aromatic carbocycles. The SMILES string of the molecule is N#CN1CCC(NC(=O)c2nnc(-c3cc(C(F)(F)F)ccc3OC3CC3)o2)C1. The maximum atomic E-state index is 13.1. The zero-order valence-corrected chi connectivity index (χ0v) is 15.1. The molecular formula is C18H16F3N5O3. The van der Waals surface area contributed by atoms with E-state index in [4.69, 9.17) is 14.4 Å². The first-order valence-electron chi connectivity index (χ1n) is 9.01. The Morgan fingerprint density at radius 3 is 2.76 bits per heavy atom. The molecule has 0 radical (unpaired) electrons. The standard InChI is InChI=1S/C18H16F3N5O3/c19-18(20,21)10-1-4-14(28-12-2-3-12)13(7-10)16-24-25-17(29-16)15(27)23-11-5-6-26(8-11)9-22/h1,4,7,11-12H,2-3,5-6,8H2,(H,23,27). The van der Waals surface area contributed by atoms with Gasteiger partial charge in [0.2, 0.25) is 0 Å². The molecule has 1 saturated carbocycles. The van der Waals surface area contributed by atoms with Gasteiger partial charge < -0.3 is 19.4 Å². The van der Waals surface area contributed by atoms with Gasteiger partial charge >= 0.3 is 18.0 Å². The molecule has 2 fully saturated rings. The summed E-state index contributed by atoms with van der Waals surface area (Å²) in [5.74, 6) is -1.06. The number of aromatic nitrogens is 2. The minimum atomic E-state index is -4.55. The van der Waals surface area contributed by atoms with E-state index in [1.807, 2.05) is 6.19 Å². The maximum Gasteiger partial charge on any atom is 0.416 e. The summed E-state index contributed by atoms with van der Waals surface area (Å²) in [4.78, 5) is 13.8. The monoisotopic (exact) mass is 407 g/mol. The van der Waals surface area contributed by atoms with Crippen LogP contribution in [0.15, 0.2) is 22.6 Å². The Kier molecular flexibility index (Phi) is 4.77. The number of amides is 1. The fraction of sp³-hybridized carbons (Fsp3) is 0.444. The molecule has 0 bridgehead atoms. The molecule has 1 aliphatic heterocycles. The highest BCUT2D eigenvalue weighted by atomic mass is 19.4. The molecule has 8 nitrogen and oxygen atoms in total. The fourth-order valence-electron chi connectivity index (χ4n) is 2.98. The van der Waals surface area contributed by atoms with Gasteiger partial charge in [-0.05, 0) is 37.5 Å². The topological polar surface area (TPSA) is 104 Å². The molecule has 1 amide bonds. The molecule has 1 N–H and O–H groups in total. The number of rotatable bonds is 5. The van der Waals surface area contributed by atoms with E-state index >= 15 is 0 Å².